The van der Waals surface area contributed by atoms with E-state index in [9.17, 15) is 25.5 Å². The van der Waals surface area contributed by atoms with Gasteiger partial charge in [-0.25, -0.2) is 0 Å². The van der Waals surface area contributed by atoms with Crippen molar-refractivity contribution in [3.8, 4) is 39.9 Å². The van der Waals surface area contributed by atoms with Crippen molar-refractivity contribution in [2.45, 2.75) is 53.4 Å². The first-order valence-corrected chi connectivity index (χ1v) is 11.1. The Balaban J connectivity index is 2.14. The maximum absolute atomic E-state index is 11.4. The second-order valence-corrected chi connectivity index (χ2v) is 9.53. The lowest BCUT2D eigenvalue weighted by Gasteiger charge is -2.21. The fourth-order valence-corrected chi connectivity index (χ4v) is 4.98. The molecule has 0 aromatic heterocycles. The summed E-state index contributed by atoms with van der Waals surface area (Å²) in [6.45, 7) is 11.6. The monoisotopic (exact) mass is 446 g/mol. The molecule has 5 heteroatoms. The molecule has 0 saturated heterocycles. The number of hydrogen-bond donors (Lipinski definition) is 5. The first-order chi connectivity index (χ1) is 15.4. The first-order valence-electron chi connectivity index (χ1n) is 11.1. The fraction of sp³-hybridized carbons (Fsp3) is 0.286. The Morgan fingerprint density at radius 2 is 1.06 bits per heavy atom. The Hall–Kier alpha value is -3.60. The van der Waals surface area contributed by atoms with Crippen LogP contribution in [0.25, 0.3) is 32.7 Å². The third kappa shape index (κ3) is 3.39. The van der Waals surface area contributed by atoms with Gasteiger partial charge in [0.25, 0.3) is 0 Å². The second-order valence-electron chi connectivity index (χ2n) is 9.53. The van der Waals surface area contributed by atoms with Crippen molar-refractivity contribution in [3.05, 3.63) is 52.6 Å². The highest BCUT2D eigenvalue weighted by Crippen LogP contribution is 2.51. The molecule has 0 saturated carbocycles. The van der Waals surface area contributed by atoms with Crippen molar-refractivity contribution >= 4 is 21.5 Å². The van der Waals surface area contributed by atoms with Crippen molar-refractivity contribution in [2.24, 2.45) is 0 Å². The number of aryl methyl sites for hydroxylation is 2. The average Bonchev–Trinajstić information content (AvgIpc) is 2.72. The fourth-order valence-electron chi connectivity index (χ4n) is 4.98. The molecule has 4 aromatic carbocycles. The van der Waals surface area contributed by atoms with Crippen LogP contribution in [-0.2, 0) is 0 Å². The van der Waals surface area contributed by atoms with Crippen molar-refractivity contribution in [1.82, 2.24) is 0 Å². The van der Waals surface area contributed by atoms with E-state index in [1.54, 1.807) is 6.07 Å². The molecule has 0 unspecified atom stereocenters. The van der Waals surface area contributed by atoms with Gasteiger partial charge in [-0.1, -0.05) is 39.8 Å². The molecule has 0 aliphatic heterocycles. The summed E-state index contributed by atoms with van der Waals surface area (Å²) in [5.41, 5.74) is 3.90. The van der Waals surface area contributed by atoms with E-state index in [1.165, 1.54) is 12.1 Å². The van der Waals surface area contributed by atoms with Gasteiger partial charge in [0, 0.05) is 27.5 Å². The molecule has 4 rings (SSSR count). The molecule has 0 fully saturated rings. The molecular weight excluding hydrogens is 416 g/mol. The van der Waals surface area contributed by atoms with Gasteiger partial charge in [-0.05, 0) is 71.3 Å². The van der Waals surface area contributed by atoms with E-state index in [0.717, 1.165) is 16.5 Å². The predicted molar refractivity (Wildman–Crippen MR) is 133 cm³/mol. The summed E-state index contributed by atoms with van der Waals surface area (Å²) in [5, 5.41) is 56.2. The van der Waals surface area contributed by atoms with Crippen LogP contribution in [0.4, 0.5) is 0 Å². The van der Waals surface area contributed by atoms with Crippen LogP contribution in [0, 0.1) is 13.8 Å². The Morgan fingerprint density at radius 3 is 1.58 bits per heavy atom. The number of aromatic hydroxyl groups is 5. The molecule has 0 spiro atoms. The molecular formula is C28H30O5. The zero-order valence-corrected chi connectivity index (χ0v) is 19.8. The van der Waals surface area contributed by atoms with Crippen LogP contribution >= 0.6 is 0 Å². The van der Waals surface area contributed by atoms with Crippen molar-refractivity contribution in [2.75, 3.05) is 0 Å². The van der Waals surface area contributed by atoms with Gasteiger partial charge < -0.3 is 25.5 Å². The van der Waals surface area contributed by atoms with Crippen LogP contribution in [0.15, 0.2) is 30.3 Å². The topological polar surface area (TPSA) is 101 Å². The molecule has 0 radical (unpaired) electrons. The third-order valence-corrected chi connectivity index (χ3v) is 6.50. The number of phenolic OH excluding ortho intramolecular Hbond substituents is 5. The minimum absolute atomic E-state index is 0.0207. The normalized spacial score (nSPS) is 11.9. The van der Waals surface area contributed by atoms with E-state index in [0.29, 0.717) is 38.4 Å². The number of benzene rings is 4. The molecule has 0 atom stereocenters. The van der Waals surface area contributed by atoms with Crippen LogP contribution in [-0.4, -0.2) is 25.5 Å². The van der Waals surface area contributed by atoms with E-state index in [1.807, 2.05) is 53.7 Å². The standard InChI is InChI=1S/C28H30O5/c1-12(2)17-9-16(29)10-20-18(17)7-14(5)24(26(20)31)25-15(6)8-19-21(27(25)32)11-22(30)28(33)23(19)13(3)4/h7-13,29-33H,1-6H3. The quantitative estimate of drug-likeness (QED) is 0.217. The van der Waals surface area contributed by atoms with Crippen molar-refractivity contribution in [3.63, 3.8) is 0 Å². The summed E-state index contributed by atoms with van der Waals surface area (Å²) in [7, 11) is 0. The first kappa shape index (κ1) is 22.6. The smallest absolute Gasteiger partial charge is 0.161 e. The van der Waals surface area contributed by atoms with Gasteiger partial charge in [-0.15, -0.1) is 0 Å². The van der Waals surface area contributed by atoms with E-state index in [-0.39, 0.29) is 40.6 Å². The molecule has 33 heavy (non-hydrogen) atoms. The maximum Gasteiger partial charge on any atom is 0.161 e. The lowest BCUT2D eigenvalue weighted by Crippen LogP contribution is -1.97. The zero-order chi connectivity index (χ0) is 24.4. The molecule has 5 N–H and O–H groups in total. The molecule has 0 amide bonds. The summed E-state index contributed by atoms with van der Waals surface area (Å²) < 4.78 is 0. The second kappa shape index (κ2) is 7.77. The van der Waals surface area contributed by atoms with Gasteiger partial charge in [0.1, 0.15) is 17.2 Å². The van der Waals surface area contributed by atoms with Gasteiger partial charge in [-0.2, -0.15) is 0 Å². The number of phenols is 5. The molecule has 4 aromatic rings. The van der Waals surface area contributed by atoms with Gasteiger partial charge in [0.15, 0.2) is 11.5 Å². The van der Waals surface area contributed by atoms with Crippen molar-refractivity contribution < 1.29 is 25.5 Å². The largest absolute Gasteiger partial charge is 0.508 e. The third-order valence-electron chi connectivity index (χ3n) is 6.50. The highest BCUT2D eigenvalue weighted by atomic mass is 16.3. The van der Waals surface area contributed by atoms with Crippen LogP contribution in [0.1, 0.15) is 61.8 Å². The van der Waals surface area contributed by atoms with Crippen molar-refractivity contribution in [1.29, 1.82) is 0 Å². The van der Waals surface area contributed by atoms with Crippen LogP contribution < -0.4 is 0 Å². The molecule has 0 bridgehead atoms. The van der Waals surface area contributed by atoms with E-state index in [4.69, 9.17) is 0 Å². The van der Waals surface area contributed by atoms with Gasteiger partial charge in [-0.3, -0.25) is 0 Å². The minimum atomic E-state index is -0.303. The molecule has 0 aliphatic carbocycles. The number of rotatable bonds is 3. The molecule has 0 aliphatic rings. The van der Waals surface area contributed by atoms with E-state index >= 15 is 0 Å². The molecule has 0 heterocycles. The van der Waals surface area contributed by atoms with Gasteiger partial charge in [0.05, 0.1) is 0 Å². The average molecular weight is 447 g/mol. The summed E-state index contributed by atoms with van der Waals surface area (Å²) >= 11 is 0. The highest BCUT2D eigenvalue weighted by molar-refractivity contribution is 6.05. The van der Waals surface area contributed by atoms with Gasteiger partial charge in [0.2, 0.25) is 0 Å². The lowest BCUT2D eigenvalue weighted by molar-refractivity contribution is 0.398. The van der Waals surface area contributed by atoms with E-state index in [2.05, 4.69) is 0 Å². The Kier molecular flexibility index (Phi) is 5.32. The van der Waals surface area contributed by atoms with Crippen LogP contribution in [0.5, 0.6) is 28.7 Å². The summed E-state index contributed by atoms with van der Waals surface area (Å²) in [6, 6.07) is 8.44. The summed E-state index contributed by atoms with van der Waals surface area (Å²) in [5.74, 6) is -0.468. The van der Waals surface area contributed by atoms with Crippen LogP contribution in [0.2, 0.25) is 0 Å². The van der Waals surface area contributed by atoms with Gasteiger partial charge >= 0.3 is 0 Å². The zero-order valence-electron chi connectivity index (χ0n) is 19.8. The predicted octanol–water partition coefficient (Wildman–Crippen LogP) is 7.05. The Morgan fingerprint density at radius 1 is 0.545 bits per heavy atom. The Labute approximate surface area is 193 Å². The number of fused-ring (bicyclic) bond motifs is 2. The highest BCUT2D eigenvalue weighted by Gasteiger charge is 2.24. The minimum Gasteiger partial charge on any atom is -0.508 e. The SMILES string of the molecule is Cc1cc2c(C(C)C)cc(O)cc2c(O)c1-c1c(C)cc2c(C(C)C)c(O)c(O)cc2c1O. The Bertz CT molecular complexity index is 1430. The molecule has 5 nitrogen and oxygen atoms in total. The maximum atomic E-state index is 11.4. The summed E-state index contributed by atoms with van der Waals surface area (Å²) in [6.07, 6.45) is 0. The van der Waals surface area contributed by atoms with E-state index < -0.39 is 0 Å². The molecule has 172 valence electrons. The van der Waals surface area contributed by atoms with Crippen LogP contribution in [0.3, 0.4) is 0 Å². The number of hydrogen-bond acceptors (Lipinski definition) is 5. The summed E-state index contributed by atoms with van der Waals surface area (Å²) in [4.78, 5) is 0. The lowest BCUT2D eigenvalue weighted by atomic mass is 9.85.